The van der Waals surface area contributed by atoms with E-state index in [4.69, 9.17) is 9.47 Å². The number of benzene rings is 3. The number of aliphatic hydroxyl groups excluding tert-OH is 2. The van der Waals surface area contributed by atoms with Gasteiger partial charge in [0.1, 0.15) is 24.4 Å². The minimum Gasteiger partial charge on any atom is -0.388 e. The zero-order chi connectivity index (χ0) is 19.1. The molecule has 0 radical (unpaired) electrons. The molecule has 4 nitrogen and oxygen atoms in total. The normalized spacial score (nSPS) is 29.1. The Balaban J connectivity index is 1.80. The van der Waals surface area contributed by atoms with Gasteiger partial charge in [-0.3, -0.25) is 0 Å². The first-order chi connectivity index (χ1) is 13.7. The number of ether oxygens (including phenoxy) is 2. The maximum atomic E-state index is 11.2. The molecule has 3 aromatic carbocycles. The van der Waals surface area contributed by atoms with E-state index in [1.165, 1.54) is 0 Å². The second kappa shape index (κ2) is 6.83. The average molecular weight is 374 g/mol. The predicted molar refractivity (Wildman–Crippen MR) is 105 cm³/mol. The lowest BCUT2D eigenvalue weighted by Gasteiger charge is -2.45. The summed E-state index contributed by atoms with van der Waals surface area (Å²) in [5, 5.41) is 21.6. The highest BCUT2D eigenvalue weighted by Gasteiger charge is 2.62. The number of epoxide rings is 1. The standard InChI is InChI=1S/C24H22O4/c25-19-20-21(27-20)23(26)28-22(19)24(16-10-4-1-5-11-16,17-12-6-2-7-13-17)18-14-8-3-9-15-18/h1-15,19-23,25-26H/t19-,20-,21+,22?,23-/m0/s1. The fraction of sp³-hybridized carbons (Fsp3) is 0.250. The van der Waals surface area contributed by atoms with Crippen LogP contribution < -0.4 is 0 Å². The Kier molecular flexibility index (Phi) is 4.29. The lowest BCUT2D eigenvalue weighted by molar-refractivity contribution is -0.197. The first-order valence-electron chi connectivity index (χ1n) is 9.56. The fourth-order valence-corrected chi connectivity index (χ4v) is 4.57. The largest absolute Gasteiger partial charge is 0.388 e. The van der Waals surface area contributed by atoms with Crippen molar-refractivity contribution in [3.8, 4) is 0 Å². The third-order valence-electron chi connectivity index (χ3n) is 5.89. The van der Waals surface area contributed by atoms with E-state index < -0.39 is 36.1 Å². The molecule has 0 spiro atoms. The van der Waals surface area contributed by atoms with Gasteiger partial charge >= 0.3 is 0 Å². The van der Waals surface area contributed by atoms with Crippen molar-refractivity contribution in [2.75, 3.05) is 0 Å². The molecular formula is C24H22O4. The summed E-state index contributed by atoms with van der Waals surface area (Å²) in [4.78, 5) is 0. The van der Waals surface area contributed by atoms with Gasteiger partial charge in [-0.2, -0.15) is 0 Å². The van der Waals surface area contributed by atoms with Crippen LogP contribution in [0.25, 0.3) is 0 Å². The minimum atomic E-state index is -1.06. The van der Waals surface area contributed by atoms with Crippen molar-refractivity contribution in [1.82, 2.24) is 0 Å². The van der Waals surface area contributed by atoms with E-state index >= 15 is 0 Å². The van der Waals surface area contributed by atoms with Crippen LogP contribution in [0.2, 0.25) is 0 Å². The number of aliphatic hydroxyl groups is 2. The molecule has 4 heteroatoms. The summed E-state index contributed by atoms with van der Waals surface area (Å²) in [5.74, 6) is 0. The van der Waals surface area contributed by atoms with Gasteiger partial charge in [-0.1, -0.05) is 91.0 Å². The zero-order valence-corrected chi connectivity index (χ0v) is 15.3. The monoisotopic (exact) mass is 374 g/mol. The smallest absolute Gasteiger partial charge is 0.184 e. The zero-order valence-electron chi connectivity index (χ0n) is 15.3. The van der Waals surface area contributed by atoms with E-state index in [9.17, 15) is 10.2 Å². The molecule has 0 aromatic heterocycles. The molecule has 28 heavy (non-hydrogen) atoms. The third-order valence-corrected chi connectivity index (χ3v) is 5.89. The van der Waals surface area contributed by atoms with Crippen molar-refractivity contribution in [2.45, 2.75) is 36.1 Å². The van der Waals surface area contributed by atoms with Gasteiger partial charge in [-0.25, -0.2) is 0 Å². The maximum absolute atomic E-state index is 11.2. The summed E-state index contributed by atoms with van der Waals surface area (Å²) in [6.07, 6.45) is -3.50. The van der Waals surface area contributed by atoms with Gasteiger partial charge in [0.25, 0.3) is 0 Å². The fourth-order valence-electron chi connectivity index (χ4n) is 4.57. The molecule has 2 N–H and O–H groups in total. The summed E-state index contributed by atoms with van der Waals surface area (Å²) < 4.78 is 11.6. The number of rotatable bonds is 4. The van der Waals surface area contributed by atoms with E-state index in [-0.39, 0.29) is 0 Å². The molecule has 2 heterocycles. The van der Waals surface area contributed by atoms with Gasteiger partial charge in [0.15, 0.2) is 6.29 Å². The van der Waals surface area contributed by atoms with Crippen LogP contribution in [0.3, 0.4) is 0 Å². The van der Waals surface area contributed by atoms with Crippen molar-refractivity contribution in [2.24, 2.45) is 0 Å². The van der Waals surface area contributed by atoms with Gasteiger partial charge in [0, 0.05) is 0 Å². The van der Waals surface area contributed by atoms with Crippen LogP contribution in [0, 0.1) is 0 Å². The predicted octanol–water partition coefficient (Wildman–Crippen LogP) is 2.87. The first-order valence-corrected chi connectivity index (χ1v) is 9.56. The van der Waals surface area contributed by atoms with Crippen LogP contribution in [-0.4, -0.2) is 40.9 Å². The molecule has 0 saturated carbocycles. The van der Waals surface area contributed by atoms with Gasteiger partial charge < -0.3 is 19.7 Å². The second-order valence-electron chi connectivity index (χ2n) is 7.41. The molecule has 3 aromatic rings. The van der Waals surface area contributed by atoms with E-state index in [0.29, 0.717) is 0 Å². The molecule has 5 rings (SSSR count). The topological polar surface area (TPSA) is 62.2 Å². The van der Waals surface area contributed by atoms with Gasteiger partial charge in [-0.05, 0) is 16.7 Å². The van der Waals surface area contributed by atoms with E-state index in [2.05, 4.69) is 0 Å². The van der Waals surface area contributed by atoms with Gasteiger partial charge in [-0.15, -0.1) is 0 Å². The molecule has 2 aliphatic heterocycles. The Hall–Kier alpha value is -2.50. The summed E-state index contributed by atoms with van der Waals surface area (Å²) in [6, 6.07) is 30.1. The molecule has 2 saturated heterocycles. The Morgan fingerprint density at radius 2 is 1.00 bits per heavy atom. The van der Waals surface area contributed by atoms with Crippen molar-refractivity contribution < 1.29 is 19.7 Å². The SMILES string of the molecule is O[C@@H]1C(C(c2ccccc2)(c2ccccc2)c2ccccc2)O[C@H](O)[C@@H]2O[C@H]21. The molecule has 2 aliphatic rings. The van der Waals surface area contributed by atoms with Crippen LogP contribution in [0.5, 0.6) is 0 Å². The van der Waals surface area contributed by atoms with Crippen molar-refractivity contribution in [1.29, 1.82) is 0 Å². The molecular weight excluding hydrogens is 352 g/mol. The van der Waals surface area contributed by atoms with Crippen LogP contribution >= 0.6 is 0 Å². The Morgan fingerprint density at radius 1 is 0.571 bits per heavy atom. The summed E-state index contributed by atoms with van der Waals surface area (Å²) in [7, 11) is 0. The van der Waals surface area contributed by atoms with Crippen LogP contribution in [0.1, 0.15) is 16.7 Å². The number of hydrogen-bond donors (Lipinski definition) is 2. The third kappa shape index (κ3) is 2.61. The molecule has 1 unspecified atom stereocenters. The lowest BCUT2D eigenvalue weighted by atomic mass is 9.63. The van der Waals surface area contributed by atoms with Gasteiger partial charge in [0.05, 0.1) is 5.41 Å². The summed E-state index contributed by atoms with van der Waals surface area (Å²) >= 11 is 0. The van der Waals surface area contributed by atoms with Crippen LogP contribution in [0.15, 0.2) is 91.0 Å². The molecule has 0 amide bonds. The average Bonchev–Trinajstić information content (AvgIpc) is 3.57. The molecule has 2 fully saturated rings. The number of fused-ring (bicyclic) bond motifs is 1. The van der Waals surface area contributed by atoms with Crippen molar-refractivity contribution in [3.05, 3.63) is 108 Å². The highest BCUT2D eigenvalue weighted by molar-refractivity contribution is 5.52. The van der Waals surface area contributed by atoms with Crippen molar-refractivity contribution >= 4 is 0 Å². The second-order valence-corrected chi connectivity index (χ2v) is 7.41. The first kappa shape index (κ1) is 17.6. The molecule has 0 bridgehead atoms. The quantitative estimate of drug-likeness (QED) is 0.545. The minimum absolute atomic E-state index is 0.413. The summed E-state index contributed by atoms with van der Waals surface area (Å²) in [6.45, 7) is 0. The lowest BCUT2D eigenvalue weighted by Crippen LogP contribution is -2.56. The Bertz CT molecular complexity index is 832. The van der Waals surface area contributed by atoms with Crippen molar-refractivity contribution in [3.63, 3.8) is 0 Å². The molecule has 0 aliphatic carbocycles. The highest BCUT2D eigenvalue weighted by Crippen LogP contribution is 2.49. The Morgan fingerprint density at radius 3 is 1.43 bits per heavy atom. The Labute approximate surface area is 164 Å². The highest BCUT2D eigenvalue weighted by atomic mass is 16.7. The van der Waals surface area contributed by atoms with Crippen LogP contribution in [0.4, 0.5) is 0 Å². The summed E-state index contributed by atoms with van der Waals surface area (Å²) in [5.41, 5.74) is 2.16. The maximum Gasteiger partial charge on any atom is 0.184 e. The van der Waals surface area contributed by atoms with E-state index in [1.54, 1.807) is 0 Å². The number of hydrogen-bond acceptors (Lipinski definition) is 4. The van der Waals surface area contributed by atoms with Gasteiger partial charge in [0.2, 0.25) is 0 Å². The van der Waals surface area contributed by atoms with E-state index in [0.717, 1.165) is 16.7 Å². The van der Waals surface area contributed by atoms with Crippen LogP contribution in [-0.2, 0) is 14.9 Å². The molecule has 5 atom stereocenters. The van der Waals surface area contributed by atoms with E-state index in [1.807, 2.05) is 91.0 Å². The molecule has 142 valence electrons.